The minimum atomic E-state index is 0.664. The summed E-state index contributed by atoms with van der Waals surface area (Å²) in [6.45, 7) is 7.16. The first-order chi connectivity index (χ1) is 9.28. The molecule has 2 aliphatic rings. The van der Waals surface area contributed by atoms with Gasteiger partial charge in [-0.3, -0.25) is 4.90 Å². The average Bonchev–Trinajstić information content (AvgIpc) is 3.04. The largest absolute Gasteiger partial charge is 0.381 e. The molecule has 2 nitrogen and oxygen atoms in total. The molecule has 2 heteroatoms. The maximum atomic E-state index is 3.75. The second-order valence-corrected chi connectivity index (χ2v) is 6.22. The molecule has 3 unspecified atom stereocenters. The molecule has 19 heavy (non-hydrogen) atoms. The molecule has 2 aliphatic heterocycles. The summed E-state index contributed by atoms with van der Waals surface area (Å²) in [7, 11) is 0. The van der Waals surface area contributed by atoms with Crippen LogP contribution in [0.1, 0.15) is 51.0 Å². The Balaban J connectivity index is 1.64. The Labute approximate surface area is 117 Å². The number of hydrogen-bond donors (Lipinski definition) is 1. The van der Waals surface area contributed by atoms with E-state index in [1.165, 1.54) is 50.0 Å². The van der Waals surface area contributed by atoms with Crippen molar-refractivity contribution in [2.45, 2.75) is 57.5 Å². The van der Waals surface area contributed by atoms with Crippen molar-refractivity contribution in [3.63, 3.8) is 0 Å². The van der Waals surface area contributed by atoms with E-state index < -0.39 is 0 Å². The van der Waals surface area contributed by atoms with Gasteiger partial charge in [0, 0.05) is 24.3 Å². The van der Waals surface area contributed by atoms with Crippen molar-refractivity contribution in [1.82, 2.24) is 4.90 Å². The highest BCUT2D eigenvalue weighted by Crippen LogP contribution is 2.30. The van der Waals surface area contributed by atoms with Crippen LogP contribution in [0.3, 0.4) is 0 Å². The van der Waals surface area contributed by atoms with E-state index in [0.717, 1.165) is 6.04 Å². The van der Waals surface area contributed by atoms with E-state index in [1.54, 1.807) is 0 Å². The molecule has 0 saturated carbocycles. The summed E-state index contributed by atoms with van der Waals surface area (Å²) >= 11 is 0. The van der Waals surface area contributed by atoms with Crippen LogP contribution in [0.15, 0.2) is 24.3 Å². The van der Waals surface area contributed by atoms with E-state index in [9.17, 15) is 0 Å². The zero-order valence-electron chi connectivity index (χ0n) is 12.2. The van der Waals surface area contributed by atoms with Crippen LogP contribution < -0.4 is 5.32 Å². The summed E-state index contributed by atoms with van der Waals surface area (Å²) in [5.74, 6) is 0.672. The topological polar surface area (TPSA) is 15.3 Å². The van der Waals surface area contributed by atoms with Gasteiger partial charge in [0.25, 0.3) is 0 Å². The first-order valence-electron chi connectivity index (χ1n) is 7.88. The second kappa shape index (κ2) is 5.54. The lowest BCUT2D eigenvalue weighted by atomic mass is 9.98. The SMILES string of the molecule is CCC(C)c1ccc(NC2CCN3CCCC23)cc1. The van der Waals surface area contributed by atoms with Gasteiger partial charge in [-0.15, -0.1) is 0 Å². The van der Waals surface area contributed by atoms with Crippen molar-refractivity contribution < 1.29 is 0 Å². The first kappa shape index (κ1) is 13.0. The van der Waals surface area contributed by atoms with Gasteiger partial charge >= 0.3 is 0 Å². The lowest BCUT2D eigenvalue weighted by Crippen LogP contribution is -2.33. The lowest BCUT2D eigenvalue weighted by Gasteiger charge is -2.22. The molecule has 3 rings (SSSR count). The summed E-state index contributed by atoms with van der Waals surface area (Å²) < 4.78 is 0. The Hall–Kier alpha value is -1.02. The van der Waals surface area contributed by atoms with Crippen molar-refractivity contribution in [2.24, 2.45) is 0 Å². The molecule has 0 amide bonds. The van der Waals surface area contributed by atoms with Crippen LogP contribution in [0.4, 0.5) is 5.69 Å². The molecule has 0 aromatic heterocycles. The average molecular weight is 258 g/mol. The highest BCUT2D eigenvalue weighted by atomic mass is 15.2. The predicted octanol–water partition coefficient (Wildman–Crippen LogP) is 3.85. The first-order valence-corrected chi connectivity index (χ1v) is 7.88. The quantitative estimate of drug-likeness (QED) is 0.882. The van der Waals surface area contributed by atoms with Crippen molar-refractivity contribution >= 4 is 5.69 Å². The summed E-state index contributed by atoms with van der Waals surface area (Å²) in [5, 5.41) is 3.75. The Kier molecular flexibility index (Phi) is 3.79. The molecule has 1 aromatic carbocycles. The van der Waals surface area contributed by atoms with E-state index >= 15 is 0 Å². The Morgan fingerprint density at radius 1 is 1.21 bits per heavy atom. The van der Waals surface area contributed by atoms with E-state index in [1.807, 2.05) is 0 Å². The standard InChI is InChI=1S/C17H26N2/c1-3-13(2)14-6-8-15(9-7-14)18-16-10-12-19-11-4-5-17(16)19/h6-9,13,16-18H,3-5,10-12H2,1-2H3. The highest BCUT2D eigenvalue weighted by molar-refractivity contribution is 5.46. The van der Waals surface area contributed by atoms with Gasteiger partial charge in [-0.1, -0.05) is 26.0 Å². The van der Waals surface area contributed by atoms with Crippen LogP contribution in [0.2, 0.25) is 0 Å². The van der Waals surface area contributed by atoms with E-state index in [-0.39, 0.29) is 0 Å². The molecule has 104 valence electrons. The Morgan fingerprint density at radius 2 is 2.00 bits per heavy atom. The van der Waals surface area contributed by atoms with Crippen LogP contribution >= 0.6 is 0 Å². The summed E-state index contributed by atoms with van der Waals surface area (Å²) in [6.07, 6.45) is 5.28. The van der Waals surface area contributed by atoms with Crippen LogP contribution in [0.5, 0.6) is 0 Å². The fraction of sp³-hybridized carbons (Fsp3) is 0.647. The van der Waals surface area contributed by atoms with Gasteiger partial charge in [0.2, 0.25) is 0 Å². The number of anilines is 1. The fourth-order valence-electron chi connectivity index (χ4n) is 3.61. The van der Waals surface area contributed by atoms with E-state index in [4.69, 9.17) is 0 Å². The van der Waals surface area contributed by atoms with Crippen molar-refractivity contribution in [3.8, 4) is 0 Å². The third-order valence-electron chi connectivity index (χ3n) is 5.05. The molecular weight excluding hydrogens is 232 g/mol. The third kappa shape index (κ3) is 2.64. The van der Waals surface area contributed by atoms with Crippen molar-refractivity contribution in [3.05, 3.63) is 29.8 Å². The molecule has 3 atom stereocenters. The van der Waals surface area contributed by atoms with Gasteiger partial charge in [-0.2, -0.15) is 0 Å². The van der Waals surface area contributed by atoms with Gasteiger partial charge in [0.15, 0.2) is 0 Å². The minimum Gasteiger partial charge on any atom is -0.381 e. The number of fused-ring (bicyclic) bond motifs is 1. The molecule has 0 bridgehead atoms. The number of benzene rings is 1. The number of rotatable bonds is 4. The predicted molar refractivity (Wildman–Crippen MR) is 81.8 cm³/mol. The summed E-state index contributed by atoms with van der Waals surface area (Å²) in [6, 6.07) is 10.6. The minimum absolute atomic E-state index is 0.664. The molecule has 2 saturated heterocycles. The zero-order valence-corrected chi connectivity index (χ0v) is 12.2. The van der Waals surface area contributed by atoms with Crippen molar-refractivity contribution in [2.75, 3.05) is 18.4 Å². The van der Waals surface area contributed by atoms with Gasteiger partial charge in [0.05, 0.1) is 0 Å². The van der Waals surface area contributed by atoms with Gasteiger partial charge in [-0.25, -0.2) is 0 Å². The molecule has 1 aromatic rings. The number of nitrogens with zero attached hydrogens (tertiary/aromatic N) is 1. The van der Waals surface area contributed by atoms with Crippen molar-refractivity contribution in [1.29, 1.82) is 0 Å². The normalized spacial score (nSPS) is 28.3. The molecule has 2 fully saturated rings. The Morgan fingerprint density at radius 3 is 2.74 bits per heavy atom. The summed E-state index contributed by atoms with van der Waals surface area (Å²) in [4.78, 5) is 2.66. The molecule has 0 radical (unpaired) electrons. The van der Waals surface area contributed by atoms with Crippen LogP contribution in [0.25, 0.3) is 0 Å². The van der Waals surface area contributed by atoms with E-state index in [0.29, 0.717) is 12.0 Å². The fourth-order valence-corrected chi connectivity index (χ4v) is 3.61. The van der Waals surface area contributed by atoms with Gasteiger partial charge in [0.1, 0.15) is 0 Å². The van der Waals surface area contributed by atoms with Crippen LogP contribution in [-0.4, -0.2) is 30.1 Å². The monoisotopic (exact) mass is 258 g/mol. The Bertz CT molecular complexity index is 412. The molecule has 0 spiro atoms. The van der Waals surface area contributed by atoms with Crippen LogP contribution in [-0.2, 0) is 0 Å². The maximum absolute atomic E-state index is 3.75. The number of hydrogen-bond acceptors (Lipinski definition) is 2. The second-order valence-electron chi connectivity index (χ2n) is 6.22. The molecule has 0 aliphatic carbocycles. The third-order valence-corrected chi connectivity index (χ3v) is 5.05. The lowest BCUT2D eigenvalue weighted by molar-refractivity contribution is 0.318. The smallest absolute Gasteiger partial charge is 0.0429 e. The molecule has 2 heterocycles. The highest BCUT2D eigenvalue weighted by Gasteiger charge is 2.36. The maximum Gasteiger partial charge on any atom is 0.0429 e. The molecular formula is C17H26N2. The summed E-state index contributed by atoms with van der Waals surface area (Å²) in [5.41, 5.74) is 2.76. The molecule has 1 N–H and O–H groups in total. The number of nitrogens with one attached hydrogen (secondary N) is 1. The van der Waals surface area contributed by atoms with E-state index in [2.05, 4.69) is 48.3 Å². The van der Waals surface area contributed by atoms with Crippen LogP contribution in [0, 0.1) is 0 Å². The van der Waals surface area contributed by atoms with Gasteiger partial charge in [-0.05, 0) is 55.8 Å². The van der Waals surface area contributed by atoms with Gasteiger partial charge < -0.3 is 5.32 Å². The zero-order chi connectivity index (χ0) is 13.2.